The van der Waals surface area contributed by atoms with Crippen LogP contribution in [-0.2, 0) is 14.3 Å². The number of rotatable bonds is 2. The molecule has 0 aromatic heterocycles. The summed E-state index contributed by atoms with van der Waals surface area (Å²) in [5.74, 6) is -1.23. The van der Waals surface area contributed by atoms with Crippen LogP contribution in [-0.4, -0.2) is 46.1 Å². The van der Waals surface area contributed by atoms with Gasteiger partial charge >= 0.3 is 5.97 Å². The molecule has 1 aromatic rings. The normalized spacial score (nSPS) is 34.9. The van der Waals surface area contributed by atoms with Crippen molar-refractivity contribution in [1.82, 2.24) is 0 Å². The predicted molar refractivity (Wildman–Crippen MR) is 120 cm³/mol. The summed E-state index contributed by atoms with van der Waals surface area (Å²) in [6, 6.07) is 8.30. The van der Waals surface area contributed by atoms with E-state index in [1.165, 1.54) is 0 Å². The number of hydrogen-bond acceptors (Lipinski definition) is 5. The smallest absolute Gasteiger partial charge is 0.335 e. The molecule has 3 aliphatic rings. The number of carboxylic acids is 1. The number of Topliss-reactive ketones (excluding diaryl/α,β-unsaturated/α-hetero) is 2. The minimum atomic E-state index is -0.879. The number of carbonyl (C=O) groups is 3. The Hall–Kier alpha value is -2.31. The van der Waals surface area contributed by atoms with Gasteiger partial charge in [0.25, 0.3) is 0 Å². The Kier molecular flexibility index (Phi) is 7.67. The van der Waals surface area contributed by atoms with Crippen LogP contribution in [0.4, 0.5) is 0 Å². The van der Waals surface area contributed by atoms with E-state index < -0.39 is 11.6 Å². The van der Waals surface area contributed by atoms with E-state index in [2.05, 4.69) is 0 Å². The molecule has 32 heavy (non-hydrogen) atoms. The summed E-state index contributed by atoms with van der Waals surface area (Å²) in [7, 11) is 0. The summed E-state index contributed by atoms with van der Waals surface area (Å²) in [6.45, 7) is 6.40. The zero-order chi connectivity index (χ0) is 23.5. The van der Waals surface area contributed by atoms with Crippen LogP contribution < -0.4 is 0 Å². The fraction of sp³-hybridized carbons (Fsp3) is 0.577. The van der Waals surface area contributed by atoms with Gasteiger partial charge in [-0.15, -0.1) is 0 Å². The first kappa shape index (κ1) is 24.3. The number of carbonyl (C=O) groups excluding carboxylic acids is 2. The Morgan fingerprint density at radius 3 is 2.38 bits per heavy atom. The number of fused-ring (bicyclic) bond motifs is 3. The van der Waals surface area contributed by atoms with Crippen LogP contribution in [0.5, 0.6) is 0 Å². The molecule has 0 bridgehead atoms. The second kappa shape index (κ2) is 10.1. The zero-order valence-corrected chi connectivity index (χ0v) is 19.2. The highest BCUT2D eigenvalue weighted by Gasteiger charge is 2.50. The largest absolute Gasteiger partial charge is 0.478 e. The molecule has 1 saturated carbocycles. The van der Waals surface area contributed by atoms with Crippen molar-refractivity contribution < 1.29 is 29.3 Å². The van der Waals surface area contributed by atoms with Crippen molar-refractivity contribution in [2.75, 3.05) is 6.61 Å². The van der Waals surface area contributed by atoms with Gasteiger partial charge in [-0.3, -0.25) is 9.59 Å². The molecule has 2 fully saturated rings. The molecule has 6 nitrogen and oxygen atoms in total. The summed E-state index contributed by atoms with van der Waals surface area (Å²) in [5, 5.41) is 19.2. The standard InChI is InChI=1S/C19H28O4.C7H6O2/c1-4-12-11(2)7-8-19(3,22)9-14-13(18(21)17(12)20)5-6-16-15(14)10-23-16;8-7(9)6-4-2-1-3-5-6/h13-16,22H,4-10H2,1-3H3;1-5H,(H,8,9)/b12-11+;. The first-order valence-corrected chi connectivity index (χ1v) is 11.5. The van der Waals surface area contributed by atoms with Gasteiger partial charge in [-0.1, -0.05) is 30.7 Å². The van der Waals surface area contributed by atoms with Crippen molar-refractivity contribution >= 4 is 17.5 Å². The first-order chi connectivity index (χ1) is 15.1. The number of hydrogen-bond donors (Lipinski definition) is 2. The topological polar surface area (TPSA) is 101 Å². The molecule has 5 unspecified atom stereocenters. The summed E-state index contributed by atoms with van der Waals surface area (Å²) in [6.07, 6.45) is 4.30. The molecular weight excluding hydrogens is 408 g/mol. The van der Waals surface area contributed by atoms with Crippen LogP contribution in [0.25, 0.3) is 0 Å². The third-order valence-corrected chi connectivity index (χ3v) is 7.25. The van der Waals surface area contributed by atoms with Crippen LogP contribution in [0.3, 0.4) is 0 Å². The summed E-state index contributed by atoms with van der Waals surface area (Å²) < 4.78 is 5.61. The highest BCUT2D eigenvalue weighted by atomic mass is 16.5. The van der Waals surface area contributed by atoms with Gasteiger partial charge in [-0.05, 0) is 70.4 Å². The monoisotopic (exact) mass is 442 g/mol. The van der Waals surface area contributed by atoms with Crippen LogP contribution in [0, 0.1) is 17.8 Å². The Morgan fingerprint density at radius 2 is 1.84 bits per heavy atom. The van der Waals surface area contributed by atoms with E-state index in [1.54, 1.807) is 30.3 Å². The van der Waals surface area contributed by atoms with Crippen molar-refractivity contribution in [2.45, 2.75) is 71.0 Å². The van der Waals surface area contributed by atoms with Gasteiger partial charge in [-0.2, -0.15) is 0 Å². The van der Waals surface area contributed by atoms with Crippen LogP contribution in [0.2, 0.25) is 0 Å². The van der Waals surface area contributed by atoms with Gasteiger partial charge in [0.2, 0.25) is 11.6 Å². The van der Waals surface area contributed by atoms with Gasteiger partial charge in [-0.25, -0.2) is 4.79 Å². The second-order valence-corrected chi connectivity index (χ2v) is 9.56. The Bertz CT molecular complexity index is 885. The first-order valence-electron chi connectivity index (χ1n) is 11.5. The summed E-state index contributed by atoms with van der Waals surface area (Å²) >= 11 is 0. The van der Waals surface area contributed by atoms with E-state index >= 15 is 0 Å². The third-order valence-electron chi connectivity index (χ3n) is 7.25. The lowest BCUT2D eigenvalue weighted by Crippen LogP contribution is -2.54. The molecular formula is C26H34O6. The lowest BCUT2D eigenvalue weighted by molar-refractivity contribution is -0.184. The summed E-state index contributed by atoms with van der Waals surface area (Å²) in [4.78, 5) is 35.8. The Balaban J connectivity index is 0.000000269. The minimum absolute atomic E-state index is 0.0745. The maximum Gasteiger partial charge on any atom is 0.335 e. The quantitative estimate of drug-likeness (QED) is 0.666. The molecule has 2 aliphatic carbocycles. The number of carboxylic acid groups (broad SMARTS) is 1. The number of aromatic carboxylic acids is 1. The van der Waals surface area contributed by atoms with Crippen molar-refractivity contribution in [3.8, 4) is 0 Å². The molecule has 1 heterocycles. The van der Waals surface area contributed by atoms with Crippen molar-refractivity contribution in [3.63, 3.8) is 0 Å². The molecule has 0 amide bonds. The SMILES string of the molecule is CC/C1=C(/C)CCC(C)(O)CC2C(CCC3OCC32)C(=O)C1=O.O=C(O)c1ccccc1. The van der Waals surface area contributed by atoms with Gasteiger partial charge in [0.1, 0.15) is 0 Å². The number of ketones is 2. The number of aliphatic hydroxyl groups is 1. The Morgan fingerprint density at radius 1 is 1.16 bits per heavy atom. The molecule has 4 rings (SSSR count). The van der Waals surface area contributed by atoms with Crippen LogP contribution >= 0.6 is 0 Å². The molecule has 1 aliphatic heterocycles. The zero-order valence-electron chi connectivity index (χ0n) is 19.2. The van der Waals surface area contributed by atoms with E-state index in [1.807, 2.05) is 20.8 Å². The van der Waals surface area contributed by atoms with E-state index in [0.29, 0.717) is 55.8 Å². The van der Waals surface area contributed by atoms with Crippen molar-refractivity contribution in [2.24, 2.45) is 17.8 Å². The fourth-order valence-corrected chi connectivity index (χ4v) is 5.29. The minimum Gasteiger partial charge on any atom is -0.478 e. The highest BCUT2D eigenvalue weighted by Crippen LogP contribution is 2.47. The van der Waals surface area contributed by atoms with Crippen molar-refractivity contribution in [1.29, 1.82) is 0 Å². The van der Waals surface area contributed by atoms with E-state index in [0.717, 1.165) is 12.0 Å². The maximum absolute atomic E-state index is 12.9. The fourth-order valence-electron chi connectivity index (χ4n) is 5.29. The molecule has 174 valence electrons. The molecule has 0 radical (unpaired) electrons. The highest BCUT2D eigenvalue weighted by molar-refractivity contribution is 6.44. The van der Waals surface area contributed by atoms with Crippen molar-refractivity contribution in [3.05, 3.63) is 47.0 Å². The predicted octanol–water partition coefficient (Wildman–Crippen LogP) is 4.21. The van der Waals surface area contributed by atoms with E-state index in [9.17, 15) is 19.5 Å². The van der Waals surface area contributed by atoms with Gasteiger partial charge in [0, 0.05) is 17.4 Å². The van der Waals surface area contributed by atoms with E-state index in [-0.39, 0.29) is 29.5 Å². The van der Waals surface area contributed by atoms with E-state index in [4.69, 9.17) is 9.84 Å². The van der Waals surface area contributed by atoms with Gasteiger partial charge in [0.15, 0.2) is 0 Å². The average Bonchev–Trinajstić information content (AvgIpc) is 2.74. The van der Waals surface area contributed by atoms with Gasteiger partial charge < -0.3 is 14.9 Å². The molecule has 6 heteroatoms. The average molecular weight is 443 g/mol. The molecule has 1 saturated heterocycles. The molecule has 0 spiro atoms. The lowest BCUT2D eigenvalue weighted by Gasteiger charge is -2.50. The number of ether oxygens (including phenoxy) is 1. The molecule has 5 atom stereocenters. The lowest BCUT2D eigenvalue weighted by atomic mass is 9.62. The number of benzene rings is 1. The Labute approximate surface area is 189 Å². The molecule has 2 N–H and O–H groups in total. The third kappa shape index (κ3) is 5.36. The van der Waals surface area contributed by atoms with Crippen LogP contribution in [0.1, 0.15) is 69.7 Å². The maximum atomic E-state index is 12.9. The summed E-state index contributed by atoms with van der Waals surface area (Å²) in [5.41, 5.74) is 1.17. The van der Waals surface area contributed by atoms with Crippen LogP contribution in [0.15, 0.2) is 41.5 Å². The number of allylic oxidation sites excluding steroid dienone is 2. The second-order valence-electron chi connectivity index (χ2n) is 9.56. The molecule has 1 aromatic carbocycles. The van der Waals surface area contributed by atoms with Gasteiger partial charge in [0.05, 0.1) is 23.9 Å².